The molecule has 2 aromatic rings. The van der Waals surface area contributed by atoms with E-state index in [1.807, 2.05) is 24.5 Å². The number of hydrogen-bond acceptors (Lipinski definition) is 3. The van der Waals surface area contributed by atoms with Crippen LogP contribution in [0.25, 0.3) is 0 Å². The van der Waals surface area contributed by atoms with Crippen molar-refractivity contribution in [2.75, 3.05) is 11.6 Å². The molecule has 0 aromatic heterocycles. The molecule has 0 fully saturated rings. The number of carbonyl (C=O) groups is 2. The van der Waals surface area contributed by atoms with Crippen molar-refractivity contribution in [2.24, 2.45) is 0 Å². The number of thioether (sulfide) groups is 1. The summed E-state index contributed by atoms with van der Waals surface area (Å²) in [4.78, 5) is 23.8. The third-order valence-corrected chi connectivity index (χ3v) is 3.54. The molecule has 1 amide bonds. The molecule has 0 heterocycles. The van der Waals surface area contributed by atoms with Crippen LogP contribution in [0, 0.1) is 0 Å². The van der Waals surface area contributed by atoms with Crippen molar-refractivity contribution in [3.05, 3.63) is 59.7 Å². The first-order valence-electron chi connectivity index (χ1n) is 5.89. The van der Waals surface area contributed by atoms with Gasteiger partial charge in [-0.3, -0.25) is 4.79 Å². The average Bonchev–Trinajstić information content (AvgIpc) is 2.47. The fourth-order valence-corrected chi connectivity index (χ4v) is 2.32. The Morgan fingerprint density at radius 1 is 1.05 bits per heavy atom. The number of benzene rings is 2. The van der Waals surface area contributed by atoms with E-state index >= 15 is 0 Å². The largest absolute Gasteiger partial charge is 0.478 e. The zero-order chi connectivity index (χ0) is 14.5. The minimum Gasteiger partial charge on any atom is -0.478 e. The first-order chi connectivity index (χ1) is 9.61. The van der Waals surface area contributed by atoms with E-state index in [1.165, 1.54) is 23.9 Å². The third-order valence-electron chi connectivity index (χ3n) is 2.74. The van der Waals surface area contributed by atoms with Gasteiger partial charge in [0.1, 0.15) is 0 Å². The minimum absolute atomic E-state index is 0.188. The number of nitrogens with one attached hydrogen (secondary N) is 1. The Hall–Kier alpha value is -2.27. The van der Waals surface area contributed by atoms with Gasteiger partial charge in [-0.25, -0.2) is 4.79 Å². The second kappa shape index (κ2) is 6.25. The maximum Gasteiger partial charge on any atom is 0.335 e. The zero-order valence-corrected chi connectivity index (χ0v) is 11.6. The highest BCUT2D eigenvalue weighted by Crippen LogP contribution is 2.21. The van der Waals surface area contributed by atoms with Crippen LogP contribution in [-0.2, 0) is 0 Å². The fraction of sp³-hybridized carbons (Fsp3) is 0.0667. The van der Waals surface area contributed by atoms with E-state index in [0.717, 1.165) is 4.90 Å². The second-order valence-corrected chi connectivity index (χ2v) is 4.88. The van der Waals surface area contributed by atoms with Crippen molar-refractivity contribution in [2.45, 2.75) is 4.90 Å². The highest BCUT2D eigenvalue weighted by Gasteiger charge is 2.10. The van der Waals surface area contributed by atoms with Gasteiger partial charge in [-0.1, -0.05) is 12.1 Å². The van der Waals surface area contributed by atoms with Gasteiger partial charge >= 0.3 is 5.97 Å². The summed E-state index contributed by atoms with van der Waals surface area (Å²) in [6.45, 7) is 0. The van der Waals surface area contributed by atoms with Gasteiger partial charge in [-0.05, 0) is 42.7 Å². The number of rotatable bonds is 4. The first-order valence-corrected chi connectivity index (χ1v) is 7.12. The number of carboxylic acid groups (broad SMARTS) is 1. The Balaban J connectivity index is 2.17. The molecule has 0 radical (unpaired) electrons. The van der Waals surface area contributed by atoms with Gasteiger partial charge in [0.05, 0.1) is 11.1 Å². The summed E-state index contributed by atoms with van der Waals surface area (Å²) in [5, 5.41) is 11.6. The predicted molar refractivity (Wildman–Crippen MR) is 79.6 cm³/mol. The molecule has 5 heteroatoms. The normalized spacial score (nSPS) is 10.1. The maximum atomic E-state index is 12.2. The van der Waals surface area contributed by atoms with Gasteiger partial charge in [-0.2, -0.15) is 0 Å². The summed E-state index contributed by atoms with van der Waals surface area (Å²) in [5.74, 6) is -1.20. The monoisotopic (exact) mass is 287 g/mol. The highest BCUT2D eigenvalue weighted by molar-refractivity contribution is 7.98. The standard InChI is InChI=1S/C15H13NO3S/c1-20-13-5-3-2-4-12(13)14(17)16-11-8-6-10(7-9-11)15(18)19/h2-9H,1H3,(H,16,17)(H,18,19). The molecule has 0 spiro atoms. The van der Waals surface area contributed by atoms with E-state index in [-0.39, 0.29) is 11.5 Å². The number of carbonyl (C=O) groups excluding carboxylic acids is 1. The summed E-state index contributed by atoms with van der Waals surface area (Å²) in [6, 6.07) is 13.4. The summed E-state index contributed by atoms with van der Waals surface area (Å²) >= 11 is 1.50. The third kappa shape index (κ3) is 3.19. The Kier molecular flexibility index (Phi) is 4.42. The van der Waals surface area contributed by atoms with Crippen molar-refractivity contribution in [1.29, 1.82) is 0 Å². The SMILES string of the molecule is CSc1ccccc1C(=O)Nc1ccc(C(=O)O)cc1. The number of aromatic carboxylic acids is 1. The molecule has 0 atom stereocenters. The molecule has 2 N–H and O–H groups in total. The van der Waals surface area contributed by atoms with Crippen LogP contribution in [0.5, 0.6) is 0 Å². The summed E-state index contributed by atoms with van der Waals surface area (Å²) < 4.78 is 0. The molecule has 0 bridgehead atoms. The molecular formula is C15H13NO3S. The lowest BCUT2D eigenvalue weighted by molar-refractivity contribution is 0.0696. The van der Waals surface area contributed by atoms with Crippen molar-refractivity contribution in [3.8, 4) is 0 Å². The molecule has 2 aromatic carbocycles. The van der Waals surface area contributed by atoms with Crippen LogP contribution in [0.4, 0.5) is 5.69 Å². The number of amides is 1. The Morgan fingerprint density at radius 2 is 1.70 bits per heavy atom. The van der Waals surface area contributed by atoms with Gasteiger partial charge < -0.3 is 10.4 Å². The van der Waals surface area contributed by atoms with Gasteiger partial charge in [0.15, 0.2) is 0 Å². The van der Waals surface area contributed by atoms with Crippen LogP contribution in [0.1, 0.15) is 20.7 Å². The number of carboxylic acids is 1. The molecule has 0 saturated heterocycles. The highest BCUT2D eigenvalue weighted by atomic mass is 32.2. The van der Waals surface area contributed by atoms with Gasteiger partial charge in [0.2, 0.25) is 0 Å². The van der Waals surface area contributed by atoms with Crippen LogP contribution in [0.2, 0.25) is 0 Å². The summed E-state index contributed by atoms with van der Waals surface area (Å²) in [6.07, 6.45) is 1.91. The van der Waals surface area contributed by atoms with Crippen LogP contribution in [0.3, 0.4) is 0 Å². The van der Waals surface area contributed by atoms with Crippen LogP contribution in [0.15, 0.2) is 53.4 Å². The molecule has 0 unspecified atom stereocenters. The topological polar surface area (TPSA) is 66.4 Å². The van der Waals surface area contributed by atoms with Gasteiger partial charge in [0.25, 0.3) is 5.91 Å². The molecular weight excluding hydrogens is 274 g/mol. The molecule has 0 aliphatic carbocycles. The molecule has 4 nitrogen and oxygen atoms in total. The Bertz CT molecular complexity index is 638. The zero-order valence-electron chi connectivity index (χ0n) is 10.8. The Morgan fingerprint density at radius 3 is 2.30 bits per heavy atom. The van der Waals surface area contributed by atoms with Crippen molar-refractivity contribution >= 4 is 29.3 Å². The van der Waals surface area contributed by atoms with E-state index in [9.17, 15) is 9.59 Å². The molecule has 0 saturated carbocycles. The van der Waals surface area contributed by atoms with E-state index in [0.29, 0.717) is 11.3 Å². The van der Waals surface area contributed by atoms with Crippen molar-refractivity contribution in [1.82, 2.24) is 0 Å². The summed E-state index contributed by atoms with van der Waals surface area (Å²) in [5.41, 5.74) is 1.35. The lowest BCUT2D eigenvalue weighted by Crippen LogP contribution is -2.13. The van der Waals surface area contributed by atoms with Gasteiger partial charge in [-0.15, -0.1) is 11.8 Å². The van der Waals surface area contributed by atoms with E-state index in [4.69, 9.17) is 5.11 Å². The number of anilines is 1. The van der Waals surface area contributed by atoms with Crippen LogP contribution < -0.4 is 5.32 Å². The molecule has 0 aliphatic heterocycles. The molecule has 20 heavy (non-hydrogen) atoms. The van der Waals surface area contributed by atoms with Crippen LogP contribution in [-0.4, -0.2) is 23.2 Å². The molecule has 2 rings (SSSR count). The lowest BCUT2D eigenvalue weighted by atomic mass is 10.2. The maximum absolute atomic E-state index is 12.2. The van der Waals surface area contributed by atoms with E-state index < -0.39 is 5.97 Å². The fourth-order valence-electron chi connectivity index (χ4n) is 1.73. The van der Waals surface area contributed by atoms with Crippen molar-refractivity contribution in [3.63, 3.8) is 0 Å². The van der Waals surface area contributed by atoms with Crippen molar-refractivity contribution < 1.29 is 14.7 Å². The molecule has 0 aliphatic rings. The van der Waals surface area contributed by atoms with Crippen LogP contribution >= 0.6 is 11.8 Å². The lowest BCUT2D eigenvalue weighted by Gasteiger charge is -2.08. The first kappa shape index (κ1) is 14.1. The number of hydrogen-bond donors (Lipinski definition) is 2. The smallest absolute Gasteiger partial charge is 0.335 e. The molecule has 102 valence electrons. The second-order valence-electron chi connectivity index (χ2n) is 4.04. The summed E-state index contributed by atoms with van der Waals surface area (Å²) in [7, 11) is 0. The van der Waals surface area contributed by atoms with E-state index in [2.05, 4.69) is 5.32 Å². The van der Waals surface area contributed by atoms with E-state index in [1.54, 1.807) is 18.2 Å². The van der Waals surface area contributed by atoms with Gasteiger partial charge in [0, 0.05) is 10.6 Å². The quantitative estimate of drug-likeness (QED) is 0.846. The Labute approximate surface area is 120 Å². The minimum atomic E-state index is -0.990. The average molecular weight is 287 g/mol. The predicted octanol–water partition coefficient (Wildman–Crippen LogP) is 3.36.